The van der Waals surface area contributed by atoms with Crippen LogP contribution in [0.3, 0.4) is 0 Å². The van der Waals surface area contributed by atoms with E-state index in [0.29, 0.717) is 0 Å². The predicted octanol–water partition coefficient (Wildman–Crippen LogP) is 4.83. The molecule has 0 aromatic heterocycles. The van der Waals surface area contributed by atoms with E-state index in [-0.39, 0.29) is 6.10 Å². The minimum Gasteiger partial charge on any atom is -0.388 e. The Morgan fingerprint density at radius 3 is 2.40 bits per heavy atom. The van der Waals surface area contributed by atoms with Crippen molar-refractivity contribution in [2.24, 2.45) is 0 Å². The molecule has 0 spiro atoms. The Labute approximate surface area is 108 Å². The highest BCUT2D eigenvalue weighted by Gasteiger charge is 2.05. The number of aliphatic hydroxyl groups is 1. The van der Waals surface area contributed by atoms with Crippen LogP contribution in [-0.4, -0.2) is 11.2 Å². The number of hydrogen-bond acceptors (Lipinski definition) is 1. The highest BCUT2D eigenvalue weighted by Crippen LogP contribution is 2.18. The smallest absolute Gasteiger partial charge is 0.0843 e. The average Bonchev–Trinajstić information content (AvgIpc) is 2.23. The van der Waals surface area contributed by atoms with Gasteiger partial charge in [0, 0.05) is 3.58 Å². The van der Waals surface area contributed by atoms with E-state index < -0.39 is 0 Å². The van der Waals surface area contributed by atoms with Crippen LogP contribution in [0.1, 0.15) is 65.2 Å². The first kappa shape index (κ1) is 15.4. The van der Waals surface area contributed by atoms with E-state index in [1.807, 2.05) is 0 Å². The number of unbranched alkanes of at least 4 members (excludes halogenated alkanes) is 5. The molecule has 0 aliphatic heterocycles. The summed E-state index contributed by atoms with van der Waals surface area (Å²) in [6.07, 6.45) is 11.7. The van der Waals surface area contributed by atoms with Crippen LogP contribution >= 0.6 is 22.6 Å². The van der Waals surface area contributed by atoms with Crippen molar-refractivity contribution in [3.05, 3.63) is 9.66 Å². The van der Waals surface area contributed by atoms with Crippen molar-refractivity contribution in [2.45, 2.75) is 71.3 Å². The fraction of sp³-hybridized carbons (Fsp3) is 0.846. The van der Waals surface area contributed by atoms with Crippen LogP contribution in [0.25, 0.3) is 0 Å². The molecule has 15 heavy (non-hydrogen) atoms. The van der Waals surface area contributed by atoms with E-state index in [1.165, 1.54) is 32.1 Å². The van der Waals surface area contributed by atoms with Crippen molar-refractivity contribution in [1.29, 1.82) is 0 Å². The van der Waals surface area contributed by atoms with Gasteiger partial charge in [-0.3, -0.25) is 0 Å². The zero-order valence-electron chi connectivity index (χ0n) is 10.1. The highest BCUT2D eigenvalue weighted by molar-refractivity contribution is 14.1. The number of allylic oxidation sites excluding steroid dienone is 1. The molecule has 0 radical (unpaired) electrons. The summed E-state index contributed by atoms with van der Waals surface area (Å²) in [5, 5.41) is 9.68. The van der Waals surface area contributed by atoms with Crippen molar-refractivity contribution in [2.75, 3.05) is 0 Å². The summed E-state index contributed by atoms with van der Waals surface area (Å²) in [7, 11) is 0. The Kier molecular flexibility index (Phi) is 11.2. The van der Waals surface area contributed by atoms with E-state index in [2.05, 4.69) is 42.5 Å². The Bertz CT molecular complexity index is 166. The fourth-order valence-electron chi connectivity index (χ4n) is 1.54. The largest absolute Gasteiger partial charge is 0.388 e. The first-order valence-corrected chi connectivity index (χ1v) is 7.33. The van der Waals surface area contributed by atoms with Gasteiger partial charge in [0.1, 0.15) is 0 Å². The normalized spacial score (nSPS) is 14.3. The molecule has 0 aromatic rings. The molecule has 0 aromatic carbocycles. The number of rotatable bonds is 9. The number of hydrogen-bond donors (Lipinski definition) is 1. The monoisotopic (exact) mass is 324 g/mol. The third-order valence-corrected chi connectivity index (χ3v) is 3.69. The van der Waals surface area contributed by atoms with Crippen molar-refractivity contribution < 1.29 is 5.11 Å². The van der Waals surface area contributed by atoms with Gasteiger partial charge < -0.3 is 5.11 Å². The summed E-state index contributed by atoms with van der Waals surface area (Å²) in [4.78, 5) is 0. The van der Waals surface area contributed by atoms with Gasteiger partial charge in [-0.05, 0) is 41.9 Å². The summed E-state index contributed by atoms with van der Waals surface area (Å²) < 4.78 is 1.13. The molecule has 1 nitrogen and oxygen atoms in total. The quantitative estimate of drug-likeness (QED) is 0.476. The zero-order valence-corrected chi connectivity index (χ0v) is 12.3. The second-order valence-corrected chi connectivity index (χ2v) is 5.34. The molecular formula is C13H25IO. The number of halogens is 1. The van der Waals surface area contributed by atoms with Gasteiger partial charge in [0.25, 0.3) is 0 Å². The number of aliphatic hydroxyl groups excluding tert-OH is 1. The molecule has 0 aliphatic carbocycles. The SMILES string of the molecule is CCCCCCCC=C(I)C(O)CCC. The first-order valence-electron chi connectivity index (χ1n) is 6.26. The standard InChI is InChI=1S/C13H25IO/c1-3-5-6-7-8-9-11-12(14)13(15)10-4-2/h11,13,15H,3-10H2,1-2H3. The van der Waals surface area contributed by atoms with E-state index in [0.717, 1.165) is 22.8 Å². The predicted molar refractivity (Wildman–Crippen MR) is 76.4 cm³/mol. The molecule has 0 heterocycles. The average molecular weight is 324 g/mol. The molecule has 1 atom stereocenters. The Morgan fingerprint density at radius 2 is 1.80 bits per heavy atom. The van der Waals surface area contributed by atoms with Gasteiger partial charge in [-0.1, -0.05) is 52.0 Å². The Balaban J connectivity index is 3.49. The maximum Gasteiger partial charge on any atom is 0.0843 e. The van der Waals surface area contributed by atoms with Gasteiger partial charge in [0.15, 0.2) is 0 Å². The molecule has 0 saturated heterocycles. The second-order valence-electron chi connectivity index (χ2n) is 4.10. The van der Waals surface area contributed by atoms with E-state index in [9.17, 15) is 5.11 Å². The summed E-state index contributed by atoms with van der Waals surface area (Å²) in [5.41, 5.74) is 0. The van der Waals surface area contributed by atoms with Crippen LogP contribution < -0.4 is 0 Å². The van der Waals surface area contributed by atoms with Crippen molar-refractivity contribution in [3.63, 3.8) is 0 Å². The summed E-state index contributed by atoms with van der Waals surface area (Å²) in [5.74, 6) is 0. The third-order valence-electron chi connectivity index (χ3n) is 2.53. The minimum atomic E-state index is -0.216. The molecule has 0 amide bonds. The lowest BCUT2D eigenvalue weighted by Crippen LogP contribution is -2.04. The van der Waals surface area contributed by atoms with E-state index in [1.54, 1.807) is 0 Å². The van der Waals surface area contributed by atoms with Crippen LogP contribution in [0.15, 0.2) is 9.66 Å². The van der Waals surface area contributed by atoms with Gasteiger partial charge in [0.2, 0.25) is 0 Å². The lowest BCUT2D eigenvalue weighted by atomic mass is 10.1. The van der Waals surface area contributed by atoms with Crippen molar-refractivity contribution in [3.8, 4) is 0 Å². The summed E-state index contributed by atoms with van der Waals surface area (Å²) in [6.45, 7) is 4.35. The van der Waals surface area contributed by atoms with Crippen LogP contribution in [0, 0.1) is 0 Å². The van der Waals surface area contributed by atoms with Gasteiger partial charge in [-0.2, -0.15) is 0 Å². The Morgan fingerprint density at radius 1 is 1.13 bits per heavy atom. The van der Waals surface area contributed by atoms with Crippen molar-refractivity contribution >= 4 is 22.6 Å². The molecule has 0 fully saturated rings. The lowest BCUT2D eigenvalue weighted by molar-refractivity contribution is 0.209. The highest BCUT2D eigenvalue weighted by atomic mass is 127. The fourth-order valence-corrected chi connectivity index (χ4v) is 2.16. The maximum atomic E-state index is 9.68. The zero-order chi connectivity index (χ0) is 11.5. The van der Waals surface area contributed by atoms with E-state index in [4.69, 9.17) is 0 Å². The van der Waals surface area contributed by atoms with Gasteiger partial charge in [-0.25, -0.2) is 0 Å². The van der Waals surface area contributed by atoms with Crippen LogP contribution in [0.4, 0.5) is 0 Å². The molecule has 1 unspecified atom stereocenters. The van der Waals surface area contributed by atoms with Gasteiger partial charge >= 0.3 is 0 Å². The van der Waals surface area contributed by atoms with Crippen LogP contribution in [-0.2, 0) is 0 Å². The lowest BCUT2D eigenvalue weighted by Gasteiger charge is -2.07. The third kappa shape index (κ3) is 9.36. The Hall–Kier alpha value is 0.430. The summed E-state index contributed by atoms with van der Waals surface area (Å²) >= 11 is 2.27. The molecule has 0 aliphatic rings. The molecule has 90 valence electrons. The molecule has 1 N–H and O–H groups in total. The van der Waals surface area contributed by atoms with E-state index >= 15 is 0 Å². The molecule has 0 bridgehead atoms. The van der Waals surface area contributed by atoms with Crippen molar-refractivity contribution in [1.82, 2.24) is 0 Å². The first-order chi connectivity index (χ1) is 7.22. The molecular weight excluding hydrogens is 299 g/mol. The minimum absolute atomic E-state index is 0.216. The molecule has 0 saturated carbocycles. The van der Waals surface area contributed by atoms with Gasteiger partial charge in [0.05, 0.1) is 6.10 Å². The van der Waals surface area contributed by atoms with Crippen LogP contribution in [0.5, 0.6) is 0 Å². The van der Waals surface area contributed by atoms with Crippen LogP contribution in [0.2, 0.25) is 0 Å². The topological polar surface area (TPSA) is 20.2 Å². The second kappa shape index (κ2) is 10.9. The van der Waals surface area contributed by atoms with Gasteiger partial charge in [-0.15, -0.1) is 0 Å². The molecule has 2 heteroatoms. The molecule has 0 rings (SSSR count). The maximum absolute atomic E-state index is 9.68. The summed E-state index contributed by atoms with van der Waals surface area (Å²) in [6, 6.07) is 0.